The van der Waals surface area contributed by atoms with E-state index in [-0.39, 0.29) is 24.0 Å². The quantitative estimate of drug-likeness (QED) is 0.187. The standard InChI is InChI=1S/C16H35N5O2S.HI/c1-3-17-16(18-10-8-12-20-24(2,22)23)19-11-9-15-21-13-6-4-5-7-14-21;/h20H,3-15H2,1-2H3,(H2,17,18,19);1H. The van der Waals surface area contributed by atoms with Crippen LogP contribution >= 0.6 is 24.0 Å². The van der Waals surface area contributed by atoms with Gasteiger partial charge in [0.15, 0.2) is 5.96 Å². The molecule has 0 atom stereocenters. The van der Waals surface area contributed by atoms with Crippen molar-refractivity contribution in [3.05, 3.63) is 0 Å². The molecular formula is C16H36IN5O2S. The van der Waals surface area contributed by atoms with Gasteiger partial charge in [-0.3, -0.25) is 4.99 Å². The van der Waals surface area contributed by atoms with E-state index in [1.54, 1.807) is 0 Å². The van der Waals surface area contributed by atoms with Crippen LogP contribution < -0.4 is 15.4 Å². The number of nitrogens with one attached hydrogen (secondary N) is 3. The van der Waals surface area contributed by atoms with Crippen LogP contribution in [0.2, 0.25) is 0 Å². The Morgan fingerprint density at radius 2 is 1.72 bits per heavy atom. The zero-order chi connectivity index (χ0) is 17.7. The van der Waals surface area contributed by atoms with Gasteiger partial charge in [0.1, 0.15) is 0 Å². The molecule has 7 nitrogen and oxygen atoms in total. The number of nitrogens with zero attached hydrogens (tertiary/aromatic N) is 2. The number of likely N-dealkylation sites (tertiary alicyclic amines) is 1. The van der Waals surface area contributed by atoms with Crippen LogP contribution in [0, 0.1) is 0 Å². The minimum atomic E-state index is -3.09. The van der Waals surface area contributed by atoms with Gasteiger partial charge < -0.3 is 15.5 Å². The van der Waals surface area contributed by atoms with Gasteiger partial charge in [0.25, 0.3) is 0 Å². The van der Waals surface area contributed by atoms with Gasteiger partial charge >= 0.3 is 0 Å². The monoisotopic (exact) mass is 489 g/mol. The summed E-state index contributed by atoms with van der Waals surface area (Å²) >= 11 is 0. The van der Waals surface area contributed by atoms with Gasteiger partial charge in [-0.05, 0) is 52.2 Å². The Kier molecular flexibility index (Phi) is 14.9. The number of sulfonamides is 1. The molecule has 1 heterocycles. The first-order valence-electron chi connectivity index (χ1n) is 9.20. The van der Waals surface area contributed by atoms with Crippen LogP contribution in [0.3, 0.4) is 0 Å². The number of guanidine groups is 1. The number of rotatable bonds is 10. The van der Waals surface area contributed by atoms with E-state index in [9.17, 15) is 8.42 Å². The van der Waals surface area contributed by atoms with Crippen LogP contribution in [0.1, 0.15) is 45.4 Å². The van der Waals surface area contributed by atoms with Gasteiger partial charge in [0, 0.05) is 26.2 Å². The molecule has 0 aromatic rings. The van der Waals surface area contributed by atoms with Gasteiger partial charge in [-0.15, -0.1) is 24.0 Å². The summed E-state index contributed by atoms with van der Waals surface area (Å²) in [6.45, 7) is 8.40. The normalized spacial score (nSPS) is 16.8. The summed E-state index contributed by atoms with van der Waals surface area (Å²) in [4.78, 5) is 7.15. The average molecular weight is 489 g/mol. The highest BCUT2D eigenvalue weighted by Crippen LogP contribution is 2.09. The molecule has 1 rings (SSSR count). The molecule has 3 N–H and O–H groups in total. The molecule has 1 fully saturated rings. The highest BCUT2D eigenvalue weighted by molar-refractivity contribution is 14.0. The second kappa shape index (κ2) is 15.0. The lowest BCUT2D eigenvalue weighted by Gasteiger charge is -2.19. The number of aliphatic imine (C=N–C) groups is 1. The first kappa shape index (κ1) is 24.9. The molecule has 0 aromatic heterocycles. The highest BCUT2D eigenvalue weighted by Gasteiger charge is 2.08. The van der Waals surface area contributed by atoms with E-state index < -0.39 is 10.0 Å². The molecule has 0 saturated carbocycles. The molecule has 25 heavy (non-hydrogen) atoms. The summed E-state index contributed by atoms with van der Waals surface area (Å²) in [7, 11) is -3.09. The number of hydrogen-bond acceptors (Lipinski definition) is 4. The third-order valence-electron chi connectivity index (χ3n) is 3.96. The molecular weight excluding hydrogens is 453 g/mol. The summed E-state index contributed by atoms with van der Waals surface area (Å²) in [5.41, 5.74) is 0. The summed E-state index contributed by atoms with van der Waals surface area (Å²) in [6.07, 6.45) is 8.38. The largest absolute Gasteiger partial charge is 0.357 e. The fourth-order valence-electron chi connectivity index (χ4n) is 2.74. The average Bonchev–Trinajstić information content (AvgIpc) is 2.78. The van der Waals surface area contributed by atoms with Crippen molar-refractivity contribution in [3.8, 4) is 0 Å². The molecule has 0 aromatic carbocycles. The first-order valence-corrected chi connectivity index (χ1v) is 11.1. The van der Waals surface area contributed by atoms with E-state index in [2.05, 4.69) is 25.2 Å². The zero-order valence-corrected chi connectivity index (χ0v) is 18.9. The third-order valence-corrected chi connectivity index (χ3v) is 4.68. The summed E-state index contributed by atoms with van der Waals surface area (Å²) in [6, 6.07) is 0. The molecule has 150 valence electrons. The van der Waals surface area contributed by atoms with Crippen molar-refractivity contribution in [2.75, 3.05) is 52.1 Å². The van der Waals surface area contributed by atoms with E-state index in [1.807, 2.05) is 6.92 Å². The molecule has 0 unspecified atom stereocenters. The Hall–Kier alpha value is -0.130. The lowest BCUT2D eigenvalue weighted by Crippen LogP contribution is -2.39. The summed E-state index contributed by atoms with van der Waals surface area (Å²) in [5.74, 6) is 0.813. The van der Waals surface area contributed by atoms with E-state index in [4.69, 9.17) is 0 Å². The van der Waals surface area contributed by atoms with Gasteiger partial charge in [-0.25, -0.2) is 13.1 Å². The van der Waals surface area contributed by atoms with Crippen molar-refractivity contribution in [2.45, 2.75) is 45.4 Å². The molecule has 0 radical (unpaired) electrons. The van der Waals surface area contributed by atoms with Crippen molar-refractivity contribution in [1.82, 2.24) is 20.3 Å². The zero-order valence-electron chi connectivity index (χ0n) is 15.7. The second-order valence-corrected chi connectivity index (χ2v) is 8.15. The van der Waals surface area contributed by atoms with E-state index >= 15 is 0 Å². The second-order valence-electron chi connectivity index (χ2n) is 6.32. The fraction of sp³-hybridized carbons (Fsp3) is 0.938. The molecule has 9 heteroatoms. The van der Waals surface area contributed by atoms with Crippen LogP contribution in [-0.2, 0) is 10.0 Å². The Bertz CT molecular complexity index is 451. The summed E-state index contributed by atoms with van der Waals surface area (Å²) < 4.78 is 24.5. The van der Waals surface area contributed by atoms with Gasteiger partial charge in [0.2, 0.25) is 10.0 Å². The van der Waals surface area contributed by atoms with Crippen LogP contribution in [-0.4, -0.2) is 71.3 Å². The predicted molar refractivity (Wildman–Crippen MR) is 116 cm³/mol. The smallest absolute Gasteiger partial charge is 0.208 e. The van der Waals surface area contributed by atoms with Crippen molar-refractivity contribution in [1.29, 1.82) is 0 Å². The van der Waals surface area contributed by atoms with Crippen molar-refractivity contribution in [3.63, 3.8) is 0 Å². The van der Waals surface area contributed by atoms with Crippen LogP contribution in [0.15, 0.2) is 4.99 Å². The Labute approximate surface area is 170 Å². The Morgan fingerprint density at radius 3 is 2.32 bits per heavy atom. The minimum absolute atomic E-state index is 0. The Balaban J connectivity index is 0.00000576. The van der Waals surface area contributed by atoms with Gasteiger partial charge in [0.05, 0.1) is 6.26 Å². The van der Waals surface area contributed by atoms with Gasteiger partial charge in [-0.1, -0.05) is 12.8 Å². The Morgan fingerprint density at radius 1 is 1.04 bits per heavy atom. The third kappa shape index (κ3) is 14.7. The molecule has 1 aliphatic rings. The van der Waals surface area contributed by atoms with E-state index in [0.717, 1.165) is 38.4 Å². The molecule has 1 saturated heterocycles. The van der Waals surface area contributed by atoms with E-state index in [1.165, 1.54) is 45.0 Å². The van der Waals surface area contributed by atoms with Crippen molar-refractivity contribution in [2.24, 2.45) is 4.99 Å². The maximum Gasteiger partial charge on any atom is 0.208 e. The number of halogens is 1. The topological polar surface area (TPSA) is 85.8 Å². The molecule has 0 aliphatic carbocycles. The van der Waals surface area contributed by atoms with Crippen LogP contribution in [0.25, 0.3) is 0 Å². The SMILES string of the molecule is CCNC(=NCCCN1CCCCCC1)NCCCNS(C)(=O)=O.I. The predicted octanol–water partition coefficient (Wildman–Crippen LogP) is 1.36. The lowest BCUT2D eigenvalue weighted by atomic mass is 10.2. The molecule has 0 spiro atoms. The lowest BCUT2D eigenvalue weighted by molar-refractivity contribution is 0.283. The molecule has 0 amide bonds. The van der Waals surface area contributed by atoms with Crippen molar-refractivity contribution >= 4 is 40.0 Å². The number of hydrogen-bond donors (Lipinski definition) is 3. The maximum absolute atomic E-state index is 11.0. The first-order chi connectivity index (χ1) is 11.5. The maximum atomic E-state index is 11.0. The van der Waals surface area contributed by atoms with Crippen molar-refractivity contribution < 1.29 is 8.42 Å². The fourth-order valence-corrected chi connectivity index (χ4v) is 3.25. The van der Waals surface area contributed by atoms with Crippen LogP contribution in [0.5, 0.6) is 0 Å². The summed E-state index contributed by atoms with van der Waals surface area (Å²) in [5, 5.41) is 6.47. The minimum Gasteiger partial charge on any atom is -0.357 e. The van der Waals surface area contributed by atoms with Gasteiger partial charge in [-0.2, -0.15) is 0 Å². The highest BCUT2D eigenvalue weighted by atomic mass is 127. The molecule has 0 bridgehead atoms. The van der Waals surface area contributed by atoms with Crippen LogP contribution in [0.4, 0.5) is 0 Å². The van der Waals surface area contributed by atoms with E-state index in [0.29, 0.717) is 13.1 Å². The molecule has 1 aliphatic heterocycles.